The molecule has 1 aliphatic heterocycles. The number of ether oxygens (including phenoxy) is 1. The average Bonchev–Trinajstić information content (AvgIpc) is 2.07. The van der Waals surface area contributed by atoms with E-state index in [1.807, 2.05) is 0 Å². The maximum Gasteiger partial charge on any atom is 0.341 e. The van der Waals surface area contributed by atoms with E-state index in [9.17, 15) is 4.79 Å². The second-order valence-electron chi connectivity index (χ2n) is 1.86. The first-order valence-corrected chi connectivity index (χ1v) is 3.29. The van der Waals surface area contributed by atoms with Gasteiger partial charge in [-0.15, -0.1) is 0 Å². The molecule has 11 heavy (non-hydrogen) atoms. The Morgan fingerprint density at radius 1 is 1.82 bits per heavy atom. The van der Waals surface area contributed by atoms with E-state index < -0.39 is 0 Å². The molecular weight excluding hydrogens is 146 g/mol. The molecule has 0 amide bonds. The zero-order valence-electron chi connectivity index (χ0n) is 6.16. The van der Waals surface area contributed by atoms with Crippen LogP contribution in [0.3, 0.4) is 0 Å². The summed E-state index contributed by atoms with van der Waals surface area (Å²) in [4.78, 5) is 15.6. The van der Waals surface area contributed by atoms with Gasteiger partial charge in [0.2, 0.25) is 0 Å². The minimum Gasteiger partial charge on any atom is -0.462 e. The molecule has 0 aromatic rings. The van der Waals surface area contributed by atoms with E-state index in [2.05, 4.69) is 10.3 Å². The summed E-state index contributed by atoms with van der Waals surface area (Å²) >= 11 is 0. The lowest BCUT2D eigenvalue weighted by Gasteiger charge is -2.07. The van der Waals surface area contributed by atoms with Gasteiger partial charge in [-0.25, -0.2) is 10.3 Å². The molecule has 0 atom stereocenters. The molecule has 0 saturated carbocycles. The van der Waals surface area contributed by atoms with Crippen molar-refractivity contribution in [3.63, 3.8) is 0 Å². The maximum atomic E-state index is 10.9. The van der Waals surface area contributed by atoms with Crippen molar-refractivity contribution >= 4 is 5.97 Å². The van der Waals surface area contributed by atoms with Crippen molar-refractivity contribution in [2.45, 2.75) is 6.92 Å². The lowest BCUT2D eigenvalue weighted by atomic mass is 10.3. The van der Waals surface area contributed by atoms with Crippen molar-refractivity contribution < 1.29 is 14.4 Å². The third-order valence-electron chi connectivity index (χ3n) is 1.10. The van der Waals surface area contributed by atoms with E-state index in [1.54, 1.807) is 13.0 Å². The third kappa shape index (κ3) is 2.00. The summed E-state index contributed by atoms with van der Waals surface area (Å²) in [6.45, 7) is 2.13. The van der Waals surface area contributed by atoms with Gasteiger partial charge < -0.3 is 9.57 Å². The Balaban J connectivity index is 2.52. The molecule has 0 spiro atoms. The summed E-state index contributed by atoms with van der Waals surface area (Å²) in [5, 5.41) is 0. The highest BCUT2D eigenvalue weighted by molar-refractivity contribution is 5.91. The van der Waals surface area contributed by atoms with Gasteiger partial charge in [-0.1, -0.05) is 0 Å². The predicted molar refractivity (Wildman–Crippen MR) is 38.1 cm³/mol. The minimum atomic E-state index is -0.370. The lowest BCUT2D eigenvalue weighted by Crippen LogP contribution is -2.13. The largest absolute Gasteiger partial charge is 0.462 e. The number of esters is 1. The molecular formula is C7H9NO3. The summed E-state index contributed by atoms with van der Waals surface area (Å²) in [6, 6.07) is 0. The highest BCUT2D eigenvalue weighted by Crippen LogP contribution is 2.02. The number of nitrogens with one attached hydrogen (secondary N) is 1. The quantitative estimate of drug-likeness (QED) is 0.589. The SMILES string of the molecule is CCOC(=O)C1=CONC=C1. The summed E-state index contributed by atoms with van der Waals surface area (Å²) in [6.07, 6.45) is 4.41. The van der Waals surface area contributed by atoms with Gasteiger partial charge in [-0.2, -0.15) is 0 Å². The molecule has 1 heterocycles. The maximum absolute atomic E-state index is 10.9. The smallest absolute Gasteiger partial charge is 0.341 e. The Kier molecular flexibility index (Phi) is 2.54. The second-order valence-corrected chi connectivity index (χ2v) is 1.86. The van der Waals surface area contributed by atoms with Crippen LogP contribution in [0, 0.1) is 0 Å². The van der Waals surface area contributed by atoms with Crippen molar-refractivity contribution in [2.75, 3.05) is 6.61 Å². The first-order valence-electron chi connectivity index (χ1n) is 3.29. The van der Waals surface area contributed by atoms with Gasteiger partial charge in [0.1, 0.15) is 6.26 Å². The van der Waals surface area contributed by atoms with Crippen molar-refractivity contribution in [2.24, 2.45) is 0 Å². The molecule has 0 fully saturated rings. The molecule has 0 bridgehead atoms. The molecule has 1 N–H and O–H groups in total. The number of hydrogen-bond donors (Lipinski definition) is 1. The van der Waals surface area contributed by atoms with Gasteiger partial charge in [0, 0.05) is 6.20 Å². The standard InChI is InChI=1S/C7H9NO3/c1-2-10-7(9)6-3-4-8-11-5-6/h3-5,8H,2H2,1H3. The summed E-state index contributed by atoms with van der Waals surface area (Å²) in [5.74, 6) is -0.370. The summed E-state index contributed by atoms with van der Waals surface area (Å²) in [5.41, 5.74) is 2.85. The van der Waals surface area contributed by atoms with Crippen molar-refractivity contribution in [1.82, 2.24) is 5.48 Å². The van der Waals surface area contributed by atoms with Crippen LogP contribution >= 0.6 is 0 Å². The van der Waals surface area contributed by atoms with Crippen LogP contribution in [0.2, 0.25) is 0 Å². The summed E-state index contributed by atoms with van der Waals surface area (Å²) < 4.78 is 4.72. The number of hydrogen-bond acceptors (Lipinski definition) is 4. The van der Waals surface area contributed by atoms with Crippen LogP contribution in [0.25, 0.3) is 0 Å². The monoisotopic (exact) mass is 155 g/mol. The van der Waals surface area contributed by atoms with Gasteiger partial charge >= 0.3 is 5.97 Å². The minimum absolute atomic E-state index is 0.370. The first kappa shape index (κ1) is 7.65. The number of carbonyl (C=O) groups excluding carboxylic acids is 1. The highest BCUT2D eigenvalue weighted by Gasteiger charge is 2.08. The van der Waals surface area contributed by atoms with Crippen LogP contribution in [0.15, 0.2) is 24.1 Å². The molecule has 4 nitrogen and oxygen atoms in total. The lowest BCUT2D eigenvalue weighted by molar-refractivity contribution is -0.138. The normalized spacial score (nSPS) is 14.5. The highest BCUT2D eigenvalue weighted by atomic mass is 16.6. The van der Waals surface area contributed by atoms with Crippen molar-refractivity contribution in [1.29, 1.82) is 0 Å². The molecule has 0 aliphatic carbocycles. The Morgan fingerprint density at radius 3 is 3.18 bits per heavy atom. The van der Waals surface area contributed by atoms with Crippen LogP contribution in [0.5, 0.6) is 0 Å². The van der Waals surface area contributed by atoms with Crippen LogP contribution < -0.4 is 5.48 Å². The van der Waals surface area contributed by atoms with E-state index in [-0.39, 0.29) is 5.97 Å². The third-order valence-corrected chi connectivity index (χ3v) is 1.10. The molecule has 0 aromatic heterocycles. The van der Waals surface area contributed by atoms with E-state index in [1.165, 1.54) is 12.5 Å². The number of carbonyl (C=O) groups is 1. The van der Waals surface area contributed by atoms with E-state index in [0.717, 1.165) is 0 Å². The molecule has 4 heteroatoms. The molecule has 60 valence electrons. The zero-order chi connectivity index (χ0) is 8.10. The van der Waals surface area contributed by atoms with E-state index in [0.29, 0.717) is 12.2 Å². The van der Waals surface area contributed by atoms with Gasteiger partial charge in [0.05, 0.1) is 12.2 Å². The second kappa shape index (κ2) is 3.65. The molecule has 0 radical (unpaired) electrons. The van der Waals surface area contributed by atoms with Gasteiger partial charge in [-0.05, 0) is 13.0 Å². The van der Waals surface area contributed by atoms with Crippen LogP contribution in [-0.2, 0) is 14.4 Å². The molecule has 0 saturated heterocycles. The fraction of sp³-hybridized carbons (Fsp3) is 0.286. The fourth-order valence-electron chi connectivity index (χ4n) is 0.630. The molecule has 0 aromatic carbocycles. The topological polar surface area (TPSA) is 47.6 Å². The number of hydroxylamine groups is 1. The predicted octanol–water partition coefficient (Wildman–Crippen LogP) is 0.482. The van der Waals surface area contributed by atoms with Crippen LogP contribution in [0.4, 0.5) is 0 Å². The van der Waals surface area contributed by atoms with Crippen LogP contribution in [-0.4, -0.2) is 12.6 Å². The Morgan fingerprint density at radius 2 is 2.64 bits per heavy atom. The summed E-state index contributed by atoms with van der Waals surface area (Å²) in [7, 11) is 0. The Hall–Kier alpha value is -1.45. The van der Waals surface area contributed by atoms with Crippen LogP contribution in [0.1, 0.15) is 6.92 Å². The zero-order valence-corrected chi connectivity index (χ0v) is 6.16. The fourth-order valence-corrected chi connectivity index (χ4v) is 0.630. The molecule has 1 rings (SSSR count). The van der Waals surface area contributed by atoms with E-state index >= 15 is 0 Å². The Bertz CT molecular complexity index is 208. The molecule has 1 aliphatic rings. The first-order chi connectivity index (χ1) is 5.34. The molecule has 0 unspecified atom stereocenters. The van der Waals surface area contributed by atoms with E-state index in [4.69, 9.17) is 4.74 Å². The Labute approximate surface area is 64.4 Å². The van der Waals surface area contributed by atoms with Crippen molar-refractivity contribution in [3.8, 4) is 0 Å². The van der Waals surface area contributed by atoms with Gasteiger partial charge in [-0.3, -0.25) is 0 Å². The average molecular weight is 155 g/mol. The van der Waals surface area contributed by atoms with Gasteiger partial charge in [0.25, 0.3) is 0 Å². The number of rotatable bonds is 2. The van der Waals surface area contributed by atoms with Gasteiger partial charge in [0.15, 0.2) is 0 Å². The van der Waals surface area contributed by atoms with Crippen molar-refractivity contribution in [3.05, 3.63) is 24.1 Å².